The molecule has 0 radical (unpaired) electrons. The van der Waals surface area contributed by atoms with E-state index in [9.17, 15) is 9.59 Å². The Morgan fingerprint density at radius 3 is 2.41 bits per heavy atom. The average Bonchev–Trinajstić information content (AvgIpc) is 2.22. The molecule has 0 atom stereocenters. The minimum atomic E-state index is -1.52. The fraction of sp³-hybridized carbons (Fsp3) is 0. The minimum Gasteiger partial charge on any atom is -0.478 e. The number of ether oxygens (including phenoxy) is 1. The summed E-state index contributed by atoms with van der Waals surface area (Å²) in [6.07, 6.45) is 0.416. The van der Waals surface area contributed by atoms with Crippen LogP contribution in [0.25, 0.3) is 0 Å². The summed E-state index contributed by atoms with van der Waals surface area (Å²) in [5.41, 5.74) is 0. The molecule has 1 aromatic carbocycles. The lowest BCUT2D eigenvalue weighted by Gasteiger charge is -2.07. The van der Waals surface area contributed by atoms with Crippen molar-refractivity contribution in [1.29, 1.82) is 0 Å². The molecule has 0 fully saturated rings. The van der Waals surface area contributed by atoms with Gasteiger partial charge in [0.2, 0.25) is 5.76 Å². The largest absolute Gasteiger partial charge is 0.478 e. The molecule has 17 heavy (non-hydrogen) atoms. The van der Waals surface area contributed by atoms with Gasteiger partial charge in [-0.1, -0.05) is 29.3 Å². The molecule has 1 rings (SSSR count). The molecule has 1 aromatic rings. The molecule has 0 aliphatic rings. The van der Waals surface area contributed by atoms with E-state index in [1.165, 1.54) is 18.2 Å². The number of hydrogen-bond acceptors (Lipinski definition) is 3. The molecule has 5 nitrogen and oxygen atoms in total. The standard InChI is InChI=1S/C10H6Cl2O5/c11-5-2-1-3-6(9(5)12)17-7(10(15)16)4-8(13)14/h1-4H,(H,13,14)(H,15,16)/b7-4-. The second kappa shape index (κ2) is 5.56. The Morgan fingerprint density at radius 2 is 1.88 bits per heavy atom. The molecule has 90 valence electrons. The van der Waals surface area contributed by atoms with Gasteiger partial charge in [0.25, 0.3) is 0 Å². The van der Waals surface area contributed by atoms with Crippen LogP contribution in [-0.4, -0.2) is 22.2 Å². The lowest BCUT2D eigenvalue weighted by Crippen LogP contribution is -2.10. The van der Waals surface area contributed by atoms with E-state index in [-0.39, 0.29) is 15.8 Å². The number of benzene rings is 1. The van der Waals surface area contributed by atoms with Crippen LogP contribution >= 0.6 is 23.2 Å². The van der Waals surface area contributed by atoms with E-state index in [2.05, 4.69) is 0 Å². The fourth-order valence-electron chi connectivity index (χ4n) is 0.928. The van der Waals surface area contributed by atoms with Gasteiger partial charge in [0.15, 0.2) is 0 Å². The zero-order valence-corrected chi connectivity index (χ0v) is 9.70. The van der Waals surface area contributed by atoms with E-state index in [0.29, 0.717) is 6.08 Å². The third-order valence-electron chi connectivity index (χ3n) is 1.60. The topological polar surface area (TPSA) is 83.8 Å². The molecular formula is C10H6Cl2O5. The number of aliphatic carboxylic acids is 2. The van der Waals surface area contributed by atoms with Gasteiger partial charge in [-0.3, -0.25) is 0 Å². The Morgan fingerprint density at radius 1 is 1.24 bits per heavy atom. The predicted octanol–water partition coefficient (Wildman–Crippen LogP) is 2.43. The van der Waals surface area contributed by atoms with E-state index in [4.69, 9.17) is 38.2 Å². The number of carbonyl (C=O) groups is 2. The molecule has 0 aliphatic heterocycles. The molecule has 0 spiro atoms. The lowest BCUT2D eigenvalue weighted by molar-refractivity contribution is -0.137. The molecule has 0 unspecified atom stereocenters. The molecule has 0 amide bonds. The van der Waals surface area contributed by atoms with Crippen molar-refractivity contribution >= 4 is 35.1 Å². The number of hydrogen-bond donors (Lipinski definition) is 2. The summed E-state index contributed by atoms with van der Waals surface area (Å²) < 4.78 is 4.86. The first-order chi connectivity index (χ1) is 7.91. The van der Waals surface area contributed by atoms with Crippen LogP contribution in [0, 0.1) is 0 Å². The first-order valence-corrected chi connectivity index (χ1v) is 4.97. The monoisotopic (exact) mass is 276 g/mol. The Hall–Kier alpha value is -1.72. The van der Waals surface area contributed by atoms with E-state index in [1.54, 1.807) is 0 Å². The third kappa shape index (κ3) is 3.65. The highest BCUT2D eigenvalue weighted by Crippen LogP contribution is 2.32. The van der Waals surface area contributed by atoms with Gasteiger partial charge in [-0.05, 0) is 12.1 Å². The van der Waals surface area contributed by atoms with E-state index < -0.39 is 17.7 Å². The van der Waals surface area contributed by atoms with Crippen LogP contribution < -0.4 is 4.74 Å². The average molecular weight is 277 g/mol. The van der Waals surface area contributed by atoms with Crippen molar-refractivity contribution in [2.75, 3.05) is 0 Å². The van der Waals surface area contributed by atoms with Crippen LogP contribution in [0.2, 0.25) is 10.0 Å². The zero-order valence-electron chi connectivity index (χ0n) is 8.18. The maximum absolute atomic E-state index is 10.7. The molecule has 0 aliphatic carbocycles. The van der Waals surface area contributed by atoms with Gasteiger partial charge < -0.3 is 14.9 Å². The second-order valence-corrected chi connectivity index (χ2v) is 3.59. The zero-order chi connectivity index (χ0) is 13.0. The maximum Gasteiger partial charge on any atom is 0.372 e. The van der Waals surface area contributed by atoms with Crippen molar-refractivity contribution < 1.29 is 24.5 Å². The first kappa shape index (κ1) is 13.3. The number of carboxylic acids is 2. The highest BCUT2D eigenvalue weighted by atomic mass is 35.5. The number of halogens is 2. The molecular weight excluding hydrogens is 271 g/mol. The summed E-state index contributed by atoms with van der Waals surface area (Å²) in [6, 6.07) is 4.34. The normalized spacial score (nSPS) is 11.1. The SMILES string of the molecule is O=C(O)/C=C(\Oc1cccc(Cl)c1Cl)C(=O)O. The summed E-state index contributed by atoms with van der Waals surface area (Å²) >= 11 is 11.4. The van der Waals surface area contributed by atoms with Crippen molar-refractivity contribution in [3.63, 3.8) is 0 Å². The van der Waals surface area contributed by atoms with Crippen molar-refractivity contribution in [1.82, 2.24) is 0 Å². The van der Waals surface area contributed by atoms with Crippen molar-refractivity contribution in [3.8, 4) is 5.75 Å². The second-order valence-electron chi connectivity index (χ2n) is 2.81. The minimum absolute atomic E-state index is 0.00621. The van der Waals surface area contributed by atoms with Crippen LogP contribution in [0.5, 0.6) is 5.75 Å². The smallest absolute Gasteiger partial charge is 0.372 e. The Labute approximate surface area is 106 Å². The van der Waals surface area contributed by atoms with E-state index in [1.807, 2.05) is 0 Å². The van der Waals surface area contributed by atoms with Gasteiger partial charge in [-0.25, -0.2) is 9.59 Å². The maximum atomic E-state index is 10.7. The molecule has 7 heteroatoms. The van der Waals surface area contributed by atoms with Gasteiger partial charge >= 0.3 is 11.9 Å². The number of rotatable bonds is 4. The molecule has 2 N–H and O–H groups in total. The quantitative estimate of drug-likeness (QED) is 0.652. The molecule has 0 heterocycles. The van der Waals surface area contributed by atoms with Crippen LogP contribution in [0.3, 0.4) is 0 Å². The van der Waals surface area contributed by atoms with Gasteiger partial charge in [-0.15, -0.1) is 0 Å². The van der Waals surface area contributed by atoms with Crippen LogP contribution in [0.4, 0.5) is 0 Å². The summed E-state index contributed by atoms with van der Waals surface area (Å²) in [5.74, 6) is -3.76. The summed E-state index contributed by atoms with van der Waals surface area (Å²) in [7, 11) is 0. The van der Waals surface area contributed by atoms with Crippen LogP contribution in [0.15, 0.2) is 30.0 Å². The van der Waals surface area contributed by atoms with Gasteiger partial charge in [0, 0.05) is 0 Å². The molecule has 0 saturated heterocycles. The Kier molecular flexibility index (Phi) is 4.37. The van der Waals surface area contributed by atoms with Gasteiger partial charge in [0.1, 0.15) is 10.8 Å². The Bertz CT molecular complexity index is 495. The summed E-state index contributed by atoms with van der Waals surface area (Å²) in [4.78, 5) is 21.1. The summed E-state index contributed by atoms with van der Waals surface area (Å²) in [6.45, 7) is 0. The van der Waals surface area contributed by atoms with Crippen molar-refractivity contribution in [2.24, 2.45) is 0 Å². The van der Waals surface area contributed by atoms with E-state index in [0.717, 1.165) is 0 Å². The highest BCUT2D eigenvalue weighted by Gasteiger charge is 2.15. The van der Waals surface area contributed by atoms with Gasteiger partial charge in [0.05, 0.1) is 11.1 Å². The van der Waals surface area contributed by atoms with E-state index >= 15 is 0 Å². The highest BCUT2D eigenvalue weighted by molar-refractivity contribution is 6.42. The third-order valence-corrected chi connectivity index (χ3v) is 2.40. The van der Waals surface area contributed by atoms with Crippen LogP contribution in [0.1, 0.15) is 0 Å². The predicted molar refractivity (Wildman–Crippen MR) is 60.4 cm³/mol. The molecule has 0 bridgehead atoms. The summed E-state index contributed by atoms with van der Waals surface area (Å²) in [5, 5.41) is 17.3. The molecule has 0 aromatic heterocycles. The molecule has 0 saturated carbocycles. The number of carboxylic acid groups (broad SMARTS) is 2. The first-order valence-electron chi connectivity index (χ1n) is 4.21. The van der Waals surface area contributed by atoms with Crippen LogP contribution in [-0.2, 0) is 9.59 Å². The van der Waals surface area contributed by atoms with Crippen molar-refractivity contribution in [3.05, 3.63) is 40.1 Å². The van der Waals surface area contributed by atoms with Gasteiger partial charge in [-0.2, -0.15) is 0 Å². The lowest BCUT2D eigenvalue weighted by atomic mass is 10.3. The Balaban J connectivity index is 3.07. The van der Waals surface area contributed by atoms with Crippen molar-refractivity contribution in [2.45, 2.75) is 0 Å². The fourth-order valence-corrected chi connectivity index (χ4v) is 1.26.